The number of carbonyl (C=O) groups is 1. The van der Waals surface area contributed by atoms with E-state index in [1.165, 1.54) is 44.9 Å². The van der Waals surface area contributed by atoms with Crippen LogP contribution in [0.15, 0.2) is 0 Å². The summed E-state index contributed by atoms with van der Waals surface area (Å²) in [5.74, 6) is -0.0817. The van der Waals surface area contributed by atoms with E-state index in [9.17, 15) is 9.90 Å². The molecule has 1 rings (SSSR count). The van der Waals surface area contributed by atoms with Crippen LogP contribution in [0.25, 0.3) is 0 Å². The second-order valence-corrected chi connectivity index (χ2v) is 6.86. The molecule has 0 saturated heterocycles. The smallest absolute Gasteiger partial charge is 0.305 e. The number of esters is 1. The third-order valence-corrected chi connectivity index (χ3v) is 4.70. The second kappa shape index (κ2) is 13.8. The van der Waals surface area contributed by atoms with Crippen LogP contribution in [0.1, 0.15) is 90.4 Å². The summed E-state index contributed by atoms with van der Waals surface area (Å²) >= 11 is 0. The van der Waals surface area contributed by atoms with Gasteiger partial charge in [-0.05, 0) is 38.6 Å². The van der Waals surface area contributed by atoms with Gasteiger partial charge in [-0.15, -0.1) is 0 Å². The first kappa shape index (κ1) is 20.4. The summed E-state index contributed by atoms with van der Waals surface area (Å²) in [7, 11) is 0. The van der Waals surface area contributed by atoms with Gasteiger partial charge in [-0.1, -0.05) is 51.9 Å². The number of aliphatic hydroxyl groups excluding tert-OH is 1. The molecule has 0 bridgehead atoms. The van der Waals surface area contributed by atoms with Crippen molar-refractivity contribution < 1.29 is 14.6 Å². The normalized spacial score (nSPS) is 20.8. The first-order valence-corrected chi connectivity index (χ1v) is 9.81. The number of unbranched alkanes of at least 4 members (excludes halogenated alkanes) is 7. The number of hydrogen-bond donors (Lipinski definition) is 2. The van der Waals surface area contributed by atoms with E-state index in [4.69, 9.17) is 4.74 Å². The zero-order chi connectivity index (χ0) is 16.8. The first-order valence-electron chi connectivity index (χ1n) is 9.81. The SMILES string of the molecule is CCCCCCCCCCOC(=O)CCCNC1CCCC1O. The van der Waals surface area contributed by atoms with Crippen LogP contribution in [-0.4, -0.2) is 36.4 Å². The Kier molecular flexibility index (Phi) is 12.3. The summed E-state index contributed by atoms with van der Waals surface area (Å²) in [5.41, 5.74) is 0. The zero-order valence-corrected chi connectivity index (χ0v) is 15.0. The molecule has 0 aromatic rings. The molecule has 1 aliphatic carbocycles. The van der Waals surface area contributed by atoms with E-state index in [0.29, 0.717) is 13.0 Å². The van der Waals surface area contributed by atoms with Crippen molar-refractivity contribution in [2.45, 2.75) is 103 Å². The van der Waals surface area contributed by atoms with Crippen LogP contribution in [0.2, 0.25) is 0 Å². The monoisotopic (exact) mass is 327 g/mol. The Morgan fingerprint density at radius 1 is 1.04 bits per heavy atom. The van der Waals surface area contributed by atoms with Gasteiger partial charge in [0.1, 0.15) is 0 Å². The fourth-order valence-corrected chi connectivity index (χ4v) is 3.19. The molecular weight excluding hydrogens is 290 g/mol. The van der Waals surface area contributed by atoms with Crippen LogP contribution in [0, 0.1) is 0 Å². The van der Waals surface area contributed by atoms with Gasteiger partial charge in [-0.3, -0.25) is 4.79 Å². The fraction of sp³-hybridized carbons (Fsp3) is 0.947. The van der Waals surface area contributed by atoms with Gasteiger partial charge in [0.05, 0.1) is 12.7 Å². The lowest BCUT2D eigenvalue weighted by atomic mass is 10.1. The Morgan fingerprint density at radius 3 is 2.39 bits per heavy atom. The lowest BCUT2D eigenvalue weighted by molar-refractivity contribution is -0.143. The minimum absolute atomic E-state index is 0.0817. The summed E-state index contributed by atoms with van der Waals surface area (Å²) < 4.78 is 5.26. The van der Waals surface area contributed by atoms with Gasteiger partial charge in [-0.25, -0.2) is 0 Å². The Balaban J connectivity index is 1.81. The van der Waals surface area contributed by atoms with Crippen molar-refractivity contribution in [2.75, 3.05) is 13.2 Å². The molecule has 0 aliphatic heterocycles. The minimum atomic E-state index is -0.205. The third kappa shape index (κ3) is 10.7. The largest absolute Gasteiger partial charge is 0.466 e. The predicted octanol–water partition coefficient (Wildman–Crippen LogP) is 3.95. The van der Waals surface area contributed by atoms with Crippen molar-refractivity contribution in [3.8, 4) is 0 Å². The molecule has 0 aromatic heterocycles. The molecule has 0 radical (unpaired) electrons. The summed E-state index contributed by atoms with van der Waals surface area (Å²) in [6, 6.07) is 0.225. The fourth-order valence-electron chi connectivity index (χ4n) is 3.19. The van der Waals surface area contributed by atoms with E-state index in [-0.39, 0.29) is 18.1 Å². The average molecular weight is 328 g/mol. The Labute approximate surface area is 142 Å². The quantitative estimate of drug-likeness (QED) is 0.374. The minimum Gasteiger partial charge on any atom is -0.466 e. The van der Waals surface area contributed by atoms with Crippen LogP contribution < -0.4 is 5.32 Å². The van der Waals surface area contributed by atoms with E-state index >= 15 is 0 Å². The molecule has 0 spiro atoms. The lowest BCUT2D eigenvalue weighted by Gasteiger charge is -2.15. The van der Waals surface area contributed by atoms with Gasteiger partial charge in [0.15, 0.2) is 0 Å². The summed E-state index contributed by atoms with van der Waals surface area (Å²) in [6.07, 6.45) is 14.2. The van der Waals surface area contributed by atoms with Gasteiger partial charge < -0.3 is 15.2 Å². The highest BCUT2D eigenvalue weighted by molar-refractivity contribution is 5.69. The van der Waals surface area contributed by atoms with Crippen molar-refractivity contribution in [2.24, 2.45) is 0 Å². The van der Waals surface area contributed by atoms with Crippen molar-refractivity contribution >= 4 is 5.97 Å². The molecule has 4 heteroatoms. The highest BCUT2D eigenvalue weighted by atomic mass is 16.5. The number of nitrogens with one attached hydrogen (secondary N) is 1. The highest BCUT2D eigenvalue weighted by Gasteiger charge is 2.24. The molecule has 1 fully saturated rings. The van der Waals surface area contributed by atoms with Crippen molar-refractivity contribution in [1.82, 2.24) is 5.32 Å². The number of hydrogen-bond acceptors (Lipinski definition) is 4. The van der Waals surface area contributed by atoms with E-state index in [2.05, 4.69) is 12.2 Å². The Morgan fingerprint density at radius 2 is 1.74 bits per heavy atom. The van der Waals surface area contributed by atoms with E-state index in [1.54, 1.807) is 0 Å². The van der Waals surface area contributed by atoms with Gasteiger partial charge in [0, 0.05) is 12.5 Å². The summed E-state index contributed by atoms with van der Waals surface area (Å²) in [6.45, 7) is 3.60. The van der Waals surface area contributed by atoms with Crippen molar-refractivity contribution in [3.05, 3.63) is 0 Å². The van der Waals surface area contributed by atoms with Crippen molar-refractivity contribution in [1.29, 1.82) is 0 Å². The molecular formula is C19H37NO3. The molecule has 136 valence electrons. The highest BCUT2D eigenvalue weighted by Crippen LogP contribution is 2.18. The number of carbonyl (C=O) groups excluding carboxylic acids is 1. The lowest BCUT2D eigenvalue weighted by Crippen LogP contribution is -2.36. The maximum Gasteiger partial charge on any atom is 0.305 e. The molecule has 0 amide bonds. The van der Waals surface area contributed by atoms with E-state index in [1.807, 2.05) is 0 Å². The number of rotatable bonds is 14. The van der Waals surface area contributed by atoms with Crippen LogP contribution >= 0.6 is 0 Å². The molecule has 2 unspecified atom stereocenters. The zero-order valence-electron chi connectivity index (χ0n) is 15.0. The topological polar surface area (TPSA) is 58.6 Å². The molecule has 23 heavy (non-hydrogen) atoms. The Hall–Kier alpha value is -0.610. The number of ether oxygens (including phenoxy) is 1. The molecule has 2 atom stereocenters. The second-order valence-electron chi connectivity index (χ2n) is 6.86. The van der Waals surface area contributed by atoms with Gasteiger partial charge in [0.2, 0.25) is 0 Å². The van der Waals surface area contributed by atoms with Crippen molar-refractivity contribution in [3.63, 3.8) is 0 Å². The van der Waals surface area contributed by atoms with Crippen LogP contribution in [0.5, 0.6) is 0 Å². The third-order valence-electron chi connectivity index (χ3n) is 4.70. The van der Waals surface area contributed by atoms with E-state index < -0.39 is 0 Å². The Bertz CT molecular complexity index is 296. The average Bonchev–Trinajstić information content (AvgIpc) is 2.95. The molecule has 0 heterocycles. The van der Waals surface area contributed by atoms with Gasteiger partial charge in [-0.2, -0.15) is 0 Å². The molecule has 2 N–H and O–H groups in total. The molecule has 1 saturated carbocycles. The van der Waals surface area contributed by atoms with Gasteiger partial charge in [0.25, 0.3) is 0 Å². The molecule has 1 aliphatic rings. The van der Waals surface area contributed by atoms with E-state index in [0.717, 1.165) is 38.6 Å². The van der Waals surface area contributed by atoms with Gasteiger partial charge >= 0.3 is 5.97 Å². The van der Waals surface area contributed by atoms with Crippen LogP contribution in [0.4, 0.5) is 0 Å². The summed E-state index contributed by atoms with van der Waals surface area (Å²) in [5, 5.41) is 13.0. The first-order chi connectivity index (χ1) is 11.2. The summed E-state index contributed by atoms with van der Waals surface area (Å²) in [4.78, 5) is 11.6. The van der Waals surface area contributed by atoms with Crippen LogP contribution in [0.3, 0.4) is 0 Å². The number of aliphatic hydroxyl groups is 1. The predicted molar refractivity (Wildman–Crippen MR) is 94.5 cm³/mol. The molecule has 0 aromatic carbocycles. The maximum absolute atomic E-state index is 11.6. The maximum atomic E-state index is 11.6. The molecule has 4 nitrogen and oxygen atoms in total. The van der Waals surface area contributed by atoms with Crippen LogP contribution in [-0.2, 0) is 9.53 Å². The standard InChI is InChI=1S/C19H37NO3/c1-2-3-4-5-6-7-8-9-16-23-19(22)14-11-15-20-17-12-10-13-18(17)21/h17-18,20-21H,2-16H2,1H3.